The Morgan fingerprint density at radius 3 is 2.47 bits per heavy atom. The van der Waals surface area contributed by atoms with Gasteiger partial charge in [0.25, 0.3) is 0 Å². The summed E-state index contributed by atoms with van der Waals surface area (Å²) in [4.78, 5) is 2.43. The average Bonchev–Trinajstić information content (AvgIpc) is 2.19. The Balaban J connectivity index is 2.65. The van der Waals surface area contributed by atoms with Crippen molar-refractivity contribution in [2.24, 2.45) is 23.0 Å². The molecule has 3 atom stereocenters. The molecule has 0 heterocycles. The summed E-state index contributed by atoms with van der Waals surface area (Å²) >= 11 is 0. The van der Waals surface area contributed by atoms with Crippen molar-refractivity contribution in [1.29, 1.82) is 0 Å². The molecule has 2 N–H and O–H groups in total. The molecule has 0 bridgehead atoms. The van der Waals surface area contributed by atoms with Crippen LogP contribution in [0, 0.1) is 17.3 Å². The molecule has 15 heavy (non-hydrogen) atoms. The van der Waals surface area contributed by atoms with Crippen molar-refractivity contribution >= 4 is 0 Å². The molecule has 0 radical (unpaired) electrons. The first-order chi connectivity index (χ1) is 6.89. The van der Waals surface area contributed by atoms with Crippen molar-refractivity contribution < 1.29 is 0 Å². The Morgan fingerprint density at radius 1 is 1.33 bits per heavy atom. The van der Waals surface area contributed by atoms with E-state index in [1.807, 2.05) is 0 Å². The Kier molecular flexibility index (Phi) is 4.19. The van der Waals surface area contributed by atoms with Gasteiger partial charge in [0.15, 0.2) is 0 Å². The lowest BCUT2D eigenvalue weighted by Gasteiger charge is -2.48. The summed E-state index contributed by atoms with van der Waals surface area (Å²) in [6.45, 7) is 11.7. The van der Waals surface area contributed by atoms with E-state index in [1.54, 1.807) is 0 Å². The monoisotopic (exact) mass is 212 g/mol. The predicted octanol–water partition coefficient (Wildman–Crippen LogP) is 2.34. The van der Waals surface area contributed by atoms with Crippen molar-refractivity contribution in [3.05, 3.63) is 0 Å². The molecule has 0 saturated heterocycles. The zero-order valence-electron chi connectivity index (χ0n) is 11.1. The van der Waals surface area contributed by atoms with E-state index < -0.39 is 0 Å². The molecular formula is C13H28N2. The van der Waals surface area contributed by atoms with E-state index in [0.717, 1.165) is 12.5 Å². The van der Waals surface area contributed by atoms with Gasteiger partial charge in [0.1, 0.15) is 0 Å². The molecule has 2 nitrogen and oxygen atoms in total. The van der Waals surface area contributed by atoms with Gasteiger partial charge in [0.2, 0.25) is 0 Å². The molecule has 1 aliphatic rings. The standard InChI is InChI=1S/C13H28N2/c1-6-15(5)9-11-7-8-12(14)10(2)13(11,3)4/h10-12H,6-9,14H2,1-5H3. The molecule has 0 aromatic rings. The average molecular weight is 212 g/mol. The van der Waals surface area contributed by atoms with Crippen molar-refractivity contribution in [3.63, 3.8) is 0 Å². The lowest BCUT2D eigenvalue weighted by Crippen LogP contribution is -2.49. The lowest BCUT2D eigenvalue weighted by atomic mass is 9.61. The summed E-state index contributed by atoms with van der Waals surface area (Å²) < 4.78 is 0. The normalized spacial score (nSPS) is 35.8. The highest BCUT2D eigenvalue weighted by molar-refractivity contribution is 4.94. The zero-order valence-corrected chi connectivity index (χ0v) is 11.1. The molecule has 0 aromatic carbocycles. The number of hydrogen-bond acceptors (Lipinski definition) is 2. The molecular weight excluding hydrogens is 184 g/mol. The summed E-state index contributed by atoms with van der Waals surface area (Å²) in [5.41, 5.74) is 6.56. The van der Waals surface area contributed by atoms with Gasteiger partial charge >= 0.3 is 0 Å². The zero-order chi connectivity index (χ0) is 11.6. The SMILES string of the molecule is CCN(C)CC1CCC(N)C(C)C1(C)C. The van der Waals surface area contributed by atoms with E-state index in [2.05, 4.69) is 39.6 Å². The minimum Gasteiger partial charge on any atom is -0.327 e. The van der Waals surface area contributed by atoms with Gasteiger partial charge in [-0.2, -0.15) is 0 Å². The summed E-state index contributed by atoms with van der Waals surface area (Å²) in [6, 6.07) is 0.406. The highest BCUT2D eigenvalue weighted by Crippen LogP contribution is 2.44. The molecule has 3 unspecified atom stereocenters. The van der Waals surface area contributed by atoms with Crippen molar-refractivity contribution in [3.8, 4) is 0 Å². The van der Waals surface area contributed by atoms with E-state index in [1.165, 1.54) is 19.4 Å². The van der Waals surface area contributed by atoms with Gasteiger partial charge in [-0.3, -0.25) is 0 Å². The number of hydrogen-bond donors (Lipinski definition) is 1. The van der Waals surface area contributed by atoms with E-state index >= 15 is 0 Å². The molecule has 1 rings (SSSR count). The third-order valence-electron chi connectivity index (χ3n) is 4.79. The second-order valence-corrected chi connectivity index (χ2v) is 5.90. The number of nitrogens with zero attached hydrogens (tertiary/aromatic N) is 1. The van der Waals surface area contributed by atoms with Crippen LogP contribution in [0.25, 0.3) is 0 Å². The Bertz CT molecular complexity index is 201. The molecule has 2 heteroatoms. The Morgan fingerprint density at radius 2 is 1.93 bits per heavy atom. The summed E-state index contributed by atoms with van der Waals surface area (Å²) in [7, 11) is 2.22. The van der Waals surface area contributed by atoms with Gasteiger partial charge in [0.05, 0.1) is 0 Å². The maximum absolute atomic E-state index is 6.17. The topological polar surface area (TPSA) is 29.3 Å². The highest BCUT2D eigenvalue weighted by atomic mass is 15.1. The van der Waals surface area contributed by atoms with Gasteiger partial charge < -0.3 is 10.6 Å². The second kappa shape index (κ2) is 4.84. The van der Waals surface area contributed by atoms with Crippen molar-refractivity contribution in [1.82, 2.24) is 4.90 Å². The van der Waals surface area contributed by atoms with Crippen LogP contribution in [0.15, 0.2) is 0 Å². The minimum atomic E-state index is 0.390. The fraction of sp³-hybridized carbons (Fsp3) is 1.00. The lowest BCUT2D eigenvalue weighted by molar-refractivity contribution is 0.0347. The first kappa shape index (κ1) is 13.0. The van der Waals surface area contributed by atoms with Gasteiger partial charge in [0, 0.05) is 12.6 Å². The quantitative estimate of drug-likeness (QED) is 0.778. The molecule has 0 spiro atoms. The molecule has 1 aliphatic carbocycles. The second-order valence-electron chi connectivity index (χ2n) is 5.90. The maximum Gasteiger partial charge on any atom is 0.00698 e. The number of nitrogens with two attached hydrogens (primary N) is 1. The van der Waals surface area contributed by atoms with Crippen molar-refractivity contribution in [2.75, 3.05) is 20.1 Å². The Labute approximate surface area is 95.2 Å². The molecule has 0 aromatic heterocycles. The van der Waals surface area contributed by atoms with Crippen molar-refractivity contribution in [2.45, 2.75) is 46.6 Å². The van der Waals surface area contributed by atoms with Gasteiger partial charge in [-0.05, 0) is 43.7 Å². The van der Waals surface area contributed by atoms with Crippen LogP contribution < -0.4 is 5.73 Å². The van der Waals surface area contributed by atoms with E-state index in [0.29, 0.717) is 17.4 Å². The molecule has 1 fully saturated rings. The van der Waals surface area contributed by atoms with Gasteiger partial charge in [-0.25, -0.2) is 0 Å². The molecule has 0 amide bonds. The van der Waals surface area contributed by atoms with Crippen LogP contribution in [0.1, 0.15) is 40.5 Å². The van der Waals surface area contributed by atoms with E-state index in [4.69, 9.17) is 5.73 Å². The molecule has 1 saturated carbocycles. The van der Waals surface area contributed by atoms with E-state index in [9.17, 15) is 0 Å². The maximum atomic E-state index is 6.17. The third kappa shape index (κ3) is 2.73. The van der Waals surface area contributed by atoms with Crippen LogP contribution in [0.4, 0.5) is 0 Å². The van der Waals surface area contributed by atoms with Crippen LogP contribution >= 0.6 is 0 Å². The van der Waals surface area contributed by atoms with Gasteiger partial charge in [-0.1, -0.05) is 27.7 Å². The fourth-order valence-electron chi connectivity index (χ4n) is 2.77. The van der Waals surface area contributed by atoms with Crippen LogP contribution in [-0.2, 0) is 0 Å². The highest BCUT2D eigenvalue weighted by Gasteiger charge is 2.41. The van der Waals surface area contributed by atoms with Crippen LogP contribution in [0.2, 0.25) is 0 Å². The van der Waals surface area contributed by atoms with Gasteiger partial charge in [-0.15, -0.1) is 0 Å². The summed E-state index contributed by atoms with van der Waals surface area (Å²) in [6.07, 6.45) is 2.50. The fourth-order valence-corrected chi connectivity index (χ4v) is 2.77. The van der Waals surface area contributed by atoms with Crippen LogP contribution in [0.5, 0.6) is 0 Å². The minimum absolute atomic E-state index is 0.390. The first-order valence-electron chi connectivity index (χ1n) is 6.33. The summed E-state index contributed by atoms with van der Waals surface area (Å²) in [5.74, 6) is 1.44. The Hall–Kier alpha value is -0.0800. The molecule has 90 valence electrons. The third-order valence-corrected chi connectivity index (χ3v) is 4.79. The first-order valence-corrected chi connectivity index (χ1v) is 6.33. The largest absolute Gasteiger partial charge is 0.327 e. The molecule has 0 aliphatic heterocycles. The number of rotatable bonds is 3. The van der Waals surface area contributed by atoms with Crippen LogP contribution in [-0.4, -0.2) is 31.1 Å². The van der Waals surface area contributed by atoms with Crippen LogP contribution in [0.3, 0.4) is 0 Å². The van der Waals surface area contributed by atoms with E-state index in [-0.39, 0.29) is 0 Å². The smallest absolute Gasteiger partial charge is 0.00698 e. The summed E-state index contributed by atoms with van der Waals surface area (Å²) in [5, 5.41) is 0. The predicted molar refractivity (Wildman–Crippen MR) is 66.8 cm³/mol.